The molecule has 0 heterocycles. The number of nitrogens with two attached hydrogens (primary N) is 1. The van der Waals surface area contributed by atoms with Gasteiger partial charge in [-0.15, -0.1) is 0 Å². The third-order valence-electron chi connectivity index (χ3n) is 1.86. The molecule has 0 radical (unpaired) electrons. The minimum absolute atomic E-state index is 0.0579. The summed E-state index contributed by atoms with van der Waals surface area (Å²) in [5.41, 5.74) is 5.22. The first-order valence-corrected chi connectivity index (χ1v) is 4.97. The van der Waals surface area contributed by atoms with Crippen molar-refractivity contribution in [1.29, 1.82) is 0 Å². The van der Waals surface area contributed by atoms with Gasteiger partial charge in [0.2, 0.25) is 0 Å². The fraction of sp³-hybridized carbons (Fsp3) is 0.250. The molecule has 0 saturated carbocycles. The monoisotopic (exact) mass is 251 g/mol. The Morgan fingerprint density at radius 1 is 1.39 bits per heavy atom. The summed E-state index contributed by atoms with van der Waals surface area (Å²) >= 11 is 0. The minimum Gasteiger partial charge on any atom is -0.481 e. The molecule has 0 fully saturated rings. The van der Waals surface area contributed by atoms with Crippen molar-refractivity contribution >= 4 is 5.97 Å². The fourth-order valence-electron chi connectivity index (χ4n) is 1.09. The van der Waals surface area contributed by atoms with Gasteiger partial charge in [-0.2, -0.15) is 0 Å². The molecule has 0 aliphatic carbocycles. The molecule has 6 heteroatoms. The van der Waals surface area contributed by atoms with Crippen LogP contribution in [-0.2, 0) is 4.74 Å². The van der Waals surface area contributed by atoms with Gasteiger partial charge in [-0.3, -0.25) is 5.73 Å². The van der Waals surface area contributed by atoms with E-state index < -0.39 is 11.9 Å². The van der Waals surface area contributed by atoms with Gasteiger partial charge in [-0.05, 0) is 30.2 Å². The Balaban J connectivity index is 2.54. The summed E-state index contributed by atoms with van der Waals surface area (Å²) in [6.45, 7) is -0.0579. The van der Waals surface area contributed by atoms with Crippen molar-refractivity contribution in [2.45, 2.75) is 5.91 Å². The second-order valence-corrected chi connectivity index (χ2v) is 3.33. The van der Waals surface area contributed by atoms with Crippen LogP contribution in [0.3, 0.4) is 0 Å². The maximum absolute atomic E-state index is 11.1. The lowest BCUT2D eigenvalue weighted by Crippen LogP contribution is -2.37. The second-order valence-electron chi connectivity index (χ2n) is 3.33. The van der Waals surface area contributed by atoms with Gasteiger partial charge in [-0.1, -0.05) is 5.92 Å². The standard InChI is InChI=1S/C12H13NO5/c1-17-11(14)9-3-5-10(6-4-9)18-8-2-7-12(13,15)16/h3-6,15-16H,8,13H2,1H3. The summed E-state index contributed by atoms with van der Waals surface area (Å²) in [7, 11) is 1.30. The van der Waals surface area contributed by atoms with Crippen LogP contribution in [0.15, 0.2) is 24.3 Å². The van der Waals surface area contributed by atoms with Crippen molar-refractivity contribution in [2.75, 3.05) is 13.7 Å². The van der Waals surface area contributed by atoms with Crippen LogP contribution in [0.25, 0.3) is 0 Å². The molecule has 1 rings (SSSR count). The van der Waals surface area contributed by atoms with Crippen molar-refractivity contribution in [1.82, 2.24) is 0 Å². The Bertz CT molecular complexity index is 464. The van der Waals surface area contributed by atoms with E-state index in [2.05, 4.69) is 10.7 Å². The number of carbonyl (C=O) groups is 1. The van der Waals surface area contributed by atoms with Crippen LogP contribution >= 0.6 is 0 Å². The number of hydrogen-bond donors (Lipinski definition) is 3. The molecule has 96 valence electrons. The fourth-order valence-corrected chi connectivity index (χ4v) is 1.09. The van der Waals surface area contributed by atoms with Gasteiger partial charge >= 0.3 is 5.97 Å². The molecule has 6 nitrogen and oxygen atoms in total. The average Bonchev–Trinajstić information content (AvgIpc) is 2.33. The quantitative estimate of drug-likeness (QED) is 0.378. The summed E-state index contributed by atoms with van der Waals surface area (Å²) in [5.74, 6) is 1.83. The first-order chi connectivity index (χ1) is 8.42. The smallest absolute Gasteiger partial charge is 0.337 e. The minimum atomic E-state index is -2.52. The van der Waals surface area contributed by atoms with Gasteiger partial charge in [0, 0.05) is 0 Å². The van der Waals surface area contributed by atoms with Crippen LogP contribution in [0.5, 0.6) is 5.75 Å². The van der Waals surface area contributed by atoms with E-state index in [9.17, 15) is 4.79 Å². The molecule has 0 saturated heterocycles. The molecule has 1 aromatic rings. The van der Waals surface area contributed by atoms with Gasteiger partial charge in [-0.25, -0.2) is 4.79 Å². The molecule has 0 aliphatic heterocycles. The highest BCUT2D eigenvalue weighted by molar-refractivity contribution is 5.89. The molecule has 0 aromatic heterocycles. The highest BCUT2D eigenvalue weighted by Gasteiger charge is 2.09. The summed E-state index contributed by atoms with van der Waals surface area (Å²) in [5, 5.41) is 17.4. The molecule has 4 N–H and O–H groups in total. The Morgan fingerprint density at radius 2 is 2.00 bits per heavy atom. The molecule has 0 amide bonds. The Hall–Kier alpha value is -2.07. The molecule has 0 aliphatic rings. The first-order valence-electron chi connectivity index (χ1n) is 4.97. The third kappa shape index (κ3) is 4.84. The molecular formula is C12H13NO5. The molecular weight excluding hydrogens is 238 g/mol. The molecule has 1 aromatic carbocycles. The highest BCUT2D eigenvalue weighted by atomic mass is 16.5. The summed E-state index contributed by atoms with van der Waals surface area (Å²) in [6, 6.07) is 6.23. The molecule has 0 bridgehead atoms. The van der Waals surface area contributed by atoms with Gasteiger partial charge in [0.1, 0.15) is 12.4 Å². The Kier molecular flexibility index (Phi) is 4.68. The first kappa shape index (κ1) is 14.0. The number of esters is 1. The van der Waals surface area contributed by atoms with Crippen LogP contribution in [0.4, 0.5) is 0 Å². The highest BCUT2D eigenvalue weighted by Crippen LogP contribution is 2.12. The predicted octanol–water partition coefficient (Wildman–Crippen LogP) is -0.547. The van der Waals surface area contributed by atoms with Gasteiger partial charge in [0.25, 0.3) is 5.91 Å². The van der Waals surface area contributed by atoms with Crippen LogP contribution < -0.4 is 10.5 Å². The largest absolute Gasteiger partial charge is 0.481 e. The van der Waals surface area contributed by atoms with Crippen molar-refractivity contribution in [2.24, 2.45) is 5.73 Å². The van der Waals surface area contributed by atoms with E-state index in [1.54, 1.807) is 24.3 Å². The second kappa shape index (κ2) is 6.02. The van der Waals surface area contributed by atoms with Gasteiger partial charge < -0.3 is 19.7 Å². The van der Waals surface area contributed by atoms with Gasteiger partial charge in [0.05, 0.1) is 12.7 Å². The summed E-state index contributed by atoms with van der Waals surface area (Å²) in [4.78, 5) is 11.1. The lowest BCUT2D eigenvalue weighted by Gasteiger charge is -2.05. The van der Waals surface area contributed by atoms with Crippen LogP contribution in [0.2, 0.25) is 0 Å². The van der Waals surface area contributed by atoms with Crippen molar-refractivity contribution in [3.8, 4) is 17.6 Å². The zero-order valence-corrected chi connectivity index (χ0v) is 9.71. The Morgan fingerprint density at radius 3 is 2.50 bits per heavy atom. The van der Waals surface area contributed by atoms with Crippen molar-refractivity contribution in [3.63, 3.8) is 0 Å². The summed E-state index contributed by atoms with van der Waals surface area (Å²) in [6.07, 6.45) is 0. The zero-order chi connectivity index (χ0) is 13.6. The molecule has 0 unspecified atom stereocenters. The van der Waals surface area contributed by atoms with E-state index in [4.69, 9.17) is 20.7 Å². The van der Waals surface area contributed by atoms with E-state index in [0.717, 1.165) is 0 Å². The lowest BCUT2D eigenvalue weighted by atomic mass is 10.2. The number of benzene rings is 1. The number of methoxy groups -OCH3 is 1. The third-order valence-corrected chi connectivity index (χ3v) is 1.86. The van der Waals surface area contributed by atoms with Crippen LogP contribution in [-0.4, -0.2) is 35.8 Å². The van der Waals surface area contributed by atoms with Crippen molar-refractivity contribution < 1.29 is 24.5 Å². The molecule has 0 spiro atoms. The summed E-state index contributed by atoms with van der Waals surface area (Å²) < 4.78 is 9.71. The number of rotatable bonds is 3. The maximum Gasteiger partial charge on any atom is 0.337 e. The van der Waals surface area contributed by atoms with E-state index in [-0.39, 0.29) is 6.61 Å². The van der Waals surface area contributed by atoms with Crippen LogP contribution in [0, 0.1) is 11.8 Å². The van der Waals surface area contributed by atoms with E-state index in [1.807, 2.05) is 5.92 Å². The number of ether oxygens (including phenoxy) is 2. The normalized spacial score (nSPS) is 10.2. The van der Waals surface area contributed by atoms with Crippen LogP contribution in [0.1, 0.15) is 10.4 Å². The molecule has 18 heavy (non-hydrogen) atoms. The number of hydrogen-bond acceptors (Lipinski definition) is 6. The van der Waals surface area contributed by atoms with E-state index in [0.29, 0.717) is 11.3 Å². The molecule has 0 atom stereocenters. The number of carbonyl (C=O) groups excluding carboxylic acids is 1. The maximum atomic E-state index is 11.1. The van der Waals surface area contributed by atoms with E-state index >= 15 is 0 Å². The van der Waals surface area contributed by atoms with E-state index in [1.165, 1.54) is 7.11 Å². The average molecular weight is 251 g/mol. The number of aliphatic hydroxyl groups is 2. The van der Waals surface area contributed by atoms with Crippen molar-refractivity contribution in [3.05, 3.63) is 29.8 Å². The Labute approximate surface area is 104 Å². The van der Waals surface area contributed by atoms with Gasteiger partial charge in [0.15, 0.2) is 0 Å². The SMILES string of the molecule is COC(=O)c1ccc(OCC#CC(N)(O)O)cc1. The zero-order valence-electron chi connectivity index (χ0n) is 9.71. The topological polar surface area (TPSA) is 102 Å². The lowest BCUT2D eigenvalue weighted by molar-refractivity contribution is -0.103. The predicted molar refractivity (Wildman–Crippen MR) is 62.4 cm³/mol.